The van der Waals surface area contributed by atoms with Crippen LogP contribution in [0.25, 0.3) is 11.0 Å². The maximum absolute atomic E-state index is 11.4. The molecule has 0 fully saturated rings. The monoisotopic (exact) mass is 269 g/mol. The molecule has 2 rings (SSSR count). The molecule has 0 aliphatic carbocycles. The second-order valence-corrected chi connectivity index (χ2v) is 4.14. The van der Waals surface area contributed by atoms with E-state index < -0.39 is 0 Å². The highest BCUT2D eigenvalue weighted by atomic mass is 79.9. The molecule has 0 unspecified atom stereocenters. The van der Waals surface area contributed by atoms with Crippen molar-refractivity contribution in [3.63, 3.8) is 0 Å². The lowest BCUT2D eigenvalue weighted by Gasteiger charge is -2.02. The molecule has 0 aliphatic rings. The van der Waals surface area contributed by atoms with Gasteiger partial charge in [0.2, 0.25) is 0 Å². The molecule has 0 bridgehead atoms. The first-order chi connectivity index (χ1) is 7.02. The number of Topliss-reactive ketones (excluding diaryl/α,β-unsaturated/α-hetero) is 1. The van der Waals surface area contributed by atoms with Crippen molar-refractivity contribution in [1.29, 1.82) is 0 Å². The Bertz CT molecular complexity index is 559. The third-order valence-corrected chi connectivity index (χ3v) is 2.83. The van der Waals surface area contributed by atoms with E-state index in [-0.39, 0.29) is 17.1 Å². The number of benzene rings is 1. The zero-order chi connectivity index (χ0) is 11.2. The molecule has 1 heterocycles. The molecular weight excluding hydrogens is 262 g/mol. The normalized spacial score (nSPS) is 10.9. The number of hydrogen-bond acceptors (Lipinski definition) is 4. The number of phenolic OH excluding ortho intramolecular Hbond substituents is 1. The standard InChI is InChI=1S/C10H8BrNO3/c1-4-6-3-7(11)9(14)8(5(2)13)10(6)15-12-4/h3,14H,1-2H3. The van der Waals surface area contributed by atoms with E-state index in [1.165, 1.54) is 6.92 Å². The summed E-state index contributed by atoms with van der Waals surface area (Å²) in [6.45, 7) is 3.15. The smallest absolute Gasteiger partial charge is 0.181 e. The SMILES string of the molecule is CC(=O)c1c(O)c(Br)cc2c(C)noc12. The fraction of sp³-hybridized carbons (Fsp3) is 0.200. The number of halogens is 1. The number of hydrogen-bond donors (Lipinski definition) is 1. The first kappa shape index (κ1) is 10.2. The Morgan fingerprint density at radius 3 is 2.87 bits per heavy atom. The summed E-state index contributed by atoms with van der Waals surface area (Å²) in [6.07, 6.45) is 0. The summed E-state index contributed by atoms with van der Waals surface area (Å²) in [5, 5.41) is 14.2. The van der Waals surface area contributed by atoms with Gasteiger partial charge in [0.1, 0.15) is 11.3 Å². The third kappa shape index (κ3) is 1.43. The summed E-state index contributed by atoms with van der Waals surface area (Å²) in [7, 11) is 0. The number of carbonyl (C=O) groups excluding carboxylic acids is 1. The molecule has 0 radical (unpaired) electrons. The molecule has 0 saturated carbocycles. The minimum absolute atomic E-state index is 0.105. The van der Waals surface area contributed by atoms with Crippen LogP contribution in [-0.4, -0.2) is 16.0 Å². The van der Waals surface area contributed by atoms with Crippen LogP contribution < -0.4 is 0 Å². The van der Waals surface area contributed by atoms with Crippen molar-refractivity contribution in [2.75, 3.05) is 0 Å². The Labute approximate surface area is 94.0 Å². The average molecular weight is 270 g/mol. The van der Waals surface area contributed by atoms with Crippen molar-refractivity contribution >= 4 is 32.7 Å². The van der Waals surface area contributed by atoms with Gasteiger partial charge in [-0.05, 0) is 35.8 Å². The average Bonchev–Trinajstić information content (AvgIpc) is 2.49. The van der Waals surface area contributed by atoms with Gasteiger partial charge in [0, 0.05) is 5.39 Å². The maximum atomic E-state index is 11.4. The van der Waals surface area contributed by atoms with Crippen LogP contribution in [0.4, 0.5) is 0 Å². The van der Waals surface area contributed by atoms with Crippen LogP contribution >= 0.6 is 15.9 Å². The lowest BCUT2D eigenvalue weighted by molar-refractivity contribution is 0.101. The molecule has 1 aromatic carbocycles. The molecule has 0 atom stereocenters. The number of aromatic hydroxyl groups is 1. The number of phenols is 1. The van der Waals surface area contributed by atoms with Gasteiger partial charge in [0.25, 0.3) is 0 Å². The van der Waals surface area contributed by atoms with E-state index in [4.69, 9.17) is 4.52 Å². The minimum atomic E-state index is -0.255. The van der Waals surface area contributed by atoms with Crippen LogP contribution in [0.3, 0.4) is 0 Å². The number of aromatic nitrogens is 1. The molecule has 4 nitrogen and oxygen atoms in total. The summed E-state index contributed by atoms with van der Waals surface area (Å²) >= 11 is 3.18. The molecule has 0 spiro atoms. The molecule has 1 aromatic heterocycles. The Morgan fingerprint density at radius 1 is 1.60 bits per heavy atom. The van der Waals surface area contributed by atoms with Gasteiger partial charge < -0.3 is 9.63 Å². The van der Waals surface area contributed by atoms with E-state index in [1.807, 2.05) is 0 Å². The molecule has 2 aromatic rings. The highest BCUT2D eigenvalue weighted by molar-refractivity contribution is 9.10. The minimum Gasteiger partial charge on any atom is -0.506 e. The summed E-state index contributed by atoms with van der Waals surface area (Å²) in [6, 6.07) is 1.68. The highest BCUT2D eigenvalue weighted by Gasteiger charge is 2.19. The fourth-order valence-corrected chi connectivity index (χ4v) is 1.90. The van der Waals surface area contributed by atoms with Gasteiger partial charge in [-0.15, -0.1) is 0 Å². The molecule has 0 saturated heterocycles. The number of ketones is 1. The van der Waals surface area contributed by atoms with Crippen molar-refractivity contribution in [1.82, 2.24) is 5.16 Å². The lowest BCUT2D eigenvalue weighted by atomic mass is 10.1. The Hall–Kier alpha value is -1.36. The molecular formula is C10H8BrNO3. The van der Waals surface area contributed by atoms with Crippen LogP contribution in [0.15, 0.2) is 15.1 Å². The molecule has 0 amide bonds. The van der Waals surface area contributed by atoms with Crippen LogP contribution in [0.5, 0.6) is 5.75 Å². The quantitative estimate of drug-likeness (QED) is 0.809. The van der Waals surface area contributed by atoms with E-state index in [9.17, 15) is 9.90 Å². The largest absolute Gasteiger partial charge is 0.506 e. The second kappa shape index (κ2) is 3.34. The summed E-state index contributed by atoms with van der Waals surface area (Å²) in [5.74, 6) is -0.360. The summed E-state index contributed by atoms with van der Waals surface area (Å²) in [4.78, 5) is 11.4. The van der Waals surface area contributed by atoms with Gasteiger partial charge in [-0.3, -0.25) is 4.79 Å². The van der Waals surface area contributed by atoms with Gasteiger partial charge in [-0.1, -0.05) is 5.16 Å². The van der Waals surface area contributed by atoms with Crippen LogP contribution in [-0.2, 0) is 0 Å². The number of nitrogens with zero attached hydrogens (tertiary/aromatic N) is 1. The molecule has 0 aliphatic heterocycles. The van der Waals surface area contributed by atoms with Gasteiger partial charge in [-0.25, -0.2) is 0 Å². The zero-order valence-electron chi connectivity index (χ0n) is 8.17. The number of rotatable bonds is 1. The van der Waals surface area contributed by atoms with Crippen molar-refractivity contribution in [2.45, 2.75) is 13.8 Å². The van der Waals surface area contributed by atoms with Crippen LogP contribution in [0.2, 0.25) is 0 Å². The fourth-order valence-electron chi connectivity index (χ4n) is 1.48. The van der Waals surface area contributed by atoms with Gasteiger partial charge in [0.15, 0.2) is 11.4 Å². The van der Waals surface area contributed by atoms with Gasteiger partial charge in [-0.2, -0.15) is 0 Å². The molecule has 5 heteroatoms. The van der Waals surface area contributed by atoms with Crippen molar-refractivity contribution in [2.24, 2.45) is 0 Å². The van der Waals surface area contributed by atoms with E-state index in [0.717, 1.165) is 5.39 Å². The molecule has 1 N–H and O–H groups in total. The second-order valence-electron chi connectivity index (χ2n) is 3.28. The van der Waals surface area contributed by atoms with Crippen molar-refractivity contribution in [3.05, 3.63) is 21.8 Å². The highest BCUT2D eigenvalue weighted by Crippen LogP contribution is 2.36. The first-order valence-corrected chi connectivity index (χ1v) is 5.10. The Morgan fingerprint density at radius 2 is 2.27 bits per heavy atom. The Kier molecular flexibility index (Phi) is 2.26. The van der Waals surface area contributed by atoms with Gasteiger partial charge >= 0.3 is 0 Å². The molecule has 78 valence electrons. The number of fused-ring (bicyclic) bond motifs is 1. The van der Waals surface area contributed by atoms with E-state index >= 15 is 0 Å². The summed E-state index contributed by atoms with van der Waals surface area (Å²) < 4.78 is 5.49. The van der Waals surface area contributed by atoms with Crippen LogP contribution in [0.1, 0.15) is 23.0 Å². The summed E-state index contributed by atoms with van der Waals surface area (Å²) in [5.41, 5.74) is 1.19. The zero-order valence-corrected chi connectivity index (χ0v) is 9.75. The molecule has 15 heavy (non-hydrogen) atoms. The first-order valence-electron chi connectivity index (χ1n) is 4.30. The topological polar surface area (TPSA) is 63.3 Å². The third-order valence-electron chi connectivity index (χ3n) is 2.22. The van der Waals surface area contributed by atoms with Crippen molar-refractivity contribution < 1.29 is 14.4 Å². The van der Waals surface area contributed by atoms with Gasteiger partial charge in [0.05, 0.1) is 10.2 Å². The van der Waals surface area contributed by atoms with Crippen molar-refractivity contribution in [3.8, 4) is 5.75 Å². The van der Waals surface area contributed by atoms with E-state index in [2.05, 4.69) is 21.1 Å². The maximum Gasteiger partial charge on any atom is 0.181 e. The lowest BCUT2D eigenvalue weighted by Crippen LogP contribution is -1.94. The predicted octanol–water partition coefficient (Wildman–Crippen LogP) is 2.81. The number of carbonyl (C=O) groups is 1. The predicted molar refractivity (Wildman–Crippen MR) is 58.1 cm³/mol. The van der Waals surface area contributed by atoms with E-state index in [0.29, 0.717) is 15.7 Å². The Balaban J connectivity index is 2.97. The van der Waals surface area contributed by atoms with Crippen LogP contribution in [0, 0.1) is 6.92 Å². The van der Waals surface area contributed by atoms with E-state index in [1.54, 1.807) is 13.0 Å². The number of aryl methyl sites for hydroxylation is 1.